The summed E-state index contributed by atoms with van der Waals surface area (Å²) in [4.78, 5) is 12.9. The third-order valence-corrected chi connectivity index (χ3v) is 4.19. The highest BCUT2D eigenvalue weighted by atomic mass is 32.1. The normalized spacial score (nSPS) is 16.7. The Balaban J connectivity index is 1.96. The van der Waals surface area contributed by atoms with E-state index in [1.807, 2.05) is 61.5 Å². The predicted molar refractivity (Wildman–Crippen MR) is 102 cm³/mol. The molecule has 128 valence electrons. The number of thiocarbonyl (C=S) groups is 1. The van der Waals surface area contributed by atoms with Crippen molar-refractivity contribution >= 4 is 28.9 Å². The summed E-state index contributed by atoms with van der Waals surface area (Å²) < 4.78 is 5.30. The number of benzene rings is 2. The fourth-order valence-corrected chi connectivity index (χ4v) is 3.06. The molecule has 5 nitrogen and oxygen atoms in total. The van der Waals surface area contributed by atoms with Crippen LogP contribution >= 0.6 is 12.2 Å². The van der Waals surface area contributed by atoms with Gasteiger partial charge in [0.15, 0.2) is 5.11 Å². The smallest absolute Gasteiger partial charge is 0.255 e. The van der Waals surface area contributed by atoms with Crippen LogP contribution in [0, 0.1) is 0 Å². The highest BCUT2D eigenvalue weighted by molar-refractivity contribution is 7.80. The molecule has 1 atom stereocenters. The third-order valence-electron chi connectivity index (χ3n) is 3.97. The van der Waals surface area contributed by atoms with Gasteiger partial charge < -0.3 is 20.7 Å². The number of carbonyl (C=O) groups excluding carboxylic acids is 1. The van der Waals surface area contributed by atoms with Crippen LogP contribution in [-0.4, -0.2) is 18.1 Å². The highest BCUT2D eigenvalue weighted by Crippen LogP contribution is 2.29. The standard InChI is InChI=1S/C19H19N3O2S/c1-12-16(18(23)21-14-8-4-3-5-9-14)17(22-19(25)20-12)13-7-6-10-15(11-13)24-2/h3-11,17H,1-2H3,(H,21,23)(H2,20,22,25)/t17-/m0/s1. The summed E-state index contributed by atoms with van der Waals surface area (Å²) in [5.74, 6) is 0.545. The summed E-state index contributed by atoms with van der Waals surface area (Å²) in [7, 11) is 1.61. The number of hydrogen-bond acceptors (Lipinski definition) is 3. The molecule has 0 saturated heterocycles. The van der Waals surface area contributed by atoms with Crippen LogP contribution in [0.2, 0.25) is 0 Å². The van der Waals surface area contributed by atoms with Gasteiger partial charge in [0.2, 0.25) is 0 Å². The molecule has 2 aromatic carbocycles. The van der Waals surface area contributed by atoms with Gasteiger partial charge in [-0.25, -0.2) is 0 Å². The van der Waals surface area contributed by atoms with E-state index in [2.05, 4.69) is 16.0 Å². The lowest BCUT2D eigenvalue weighted by Crippen LogP contribution is -2.45. The van der Waals surface area contributed by atoms with Gasteiger partial charge in [0.05, 0.1) is 18.7 Å². The minimum Gasteiger partial charge on any atom is -0.497 e. The lowest BCUT2D eigenvalue weighted by atomic mass is 9.94. The van der Waals surface area contributed by atoms with Crippen LogP contribution in [0.3, 0.4) is 0 Å². The summed E-state index contributed by atoms with van der Waals surface area (Å²) in [6, 6.07) is 16.6. The van der Waals surface area contributed by atoms with Gasteiger partial charge in [-0.2, -0.15) is 0 Å². The first kappa shape index (κ1) is 17.0. The molecule has 1 aliphatic rings. The quantitative estimate of drug-likeness (QED) is 0.737. The van der Waals surface area contributed by atoms with Gasteiger partial charge in [0.25, 0.3) is 5.91 Å². The number of allylic oxidation sites excluding steroid dienone is 1. The molecule has 0 spiro atoms. The SMILES string of the molecule is COc1cccc([C@@H]2NC(=S)NC(C)=C2C(=O)Nc2ccccc2)c1. The Hall–Kier alpha value is -2.86. The van der Waals surface area contributed by atoms with Crippen LogP contribution in [0.5, 0.6) is 5.75 Å². The first-order chi connectivity index (χ1) is 12.1. The lowest BCUT2D eigenvalue weighted by molar-refractivity contribution is -0.113. The van der Waals surface area contributed by atoms with Crippen LogP contribution in [0.1, 0.15) is 18.5 Å². The first-order valence-electron chi connectivity index (χ1n) is 7.87. The molecule has 1 amide bonds. The van der Waals surface area contributed by atoms with Gasteiger partial charge in [-0.15, -0.1) is 0 Å². The molecule has 0 fully saturated rings. The Morgan fingerprint density at radius 2 is 1.92 bits per heavy atom. The van der Waals surface area contributed by atoms with Crippen LogP contribution in [0.4, 0.5) is 5.69 Å². The Labute approximate surface area is 152 Å². The largest absolute Gasteiger partial charge is 0.497 e. The number of para-hydroxylation sites is 1. The Kier molecular flexibility index (Phi) is 5.00. The van der Waals surface area contributed by atoms with Crippen molar-refractivity contribution in [3.05, 3.63) is 71.4 Å². The van der Waals surface area contributed by atoms with Crippen molar-refractivity contribution in [2.45, 2.75) is 13.0 Å². The summed E-state index contributed by atoms with van der Waals surface area (Å²) in [5.41, 5.74) is 2.96. The zero-order valence-electron chi connectivity index (χ0n) is 14.0. The third kappa shape index (κ3) is 3.80. The average molecular weight is 353 g/mol. The molecule has 2 aromatic rings. The number of nitrogens with one attached hydrogen (secondary N) is 3. The second-order valence-corrected chi connectivity index (χ2v) is 6.08. The number of anilines is 1. The molecule has 1 heterocycles. The second kappa shape index (κ2) is 7.36. The molecule has 0 aromatic heterocycles. The van der Waals surface area contributed by atoms with E-state index in [-0.39, 0.29) is 11.9 Å². The number of hydrogen-bond donors (Lipinski definition) is 3. The van der Waals surface area contributed by atoms with Crippen molar-refractivity contribution < 1.29 is 9.53 Å². The minimum atomic E-state index is -0.354. The van der Waals surface area contributed by atoms with E-state index in [0.717, 1.165) is 22.7 Å². The van der Waals surface area contributed by atoms with E-state index in [1.54, 1.807) is 7.11 Å². The maximum Gasteiger partial charge on any atom is 0.255 e. The molecule has 3 rings (SSSR count). The van der Waals surface area contributed by atoms with Crippen molar-refractivity contribution in [1.82, 2.24) is 10.6 Å². The van der Waals surface area contributed by atoms with E-state index in [1.165, 1.54) is 0 Å². The highest BCUT2D eigenvalue weighted by Gasteiger charge is 2.30. The van der Waals surface area contributed by atoms with Crippen molar-refractivity contribution in [2.75, 3.05) is 12.4 Å². The molecule has 0 aliphatic carbocycles. The fraction of sp³-hybridized carbons (Fsp3) is 0.158. The molecule has 0 unspecified atom stereocenters. The Bertz CT molecular complexity index is 834. The average Bonchev–Trinajstić information content (AvgIpc) is 2.61. The maximum absolute atomic E-state index is 12.9. The molecule has 0 radical (unpaired) electrons. The van der Waals surface area contributed by atoms with Gasteiger partial charge in [-0.1, -0.05) is 30.3 Å². The van der Waals surface area contributed by atoms with Gasteiger partial charge in [-0.3, -0.25) is 4.79 Å². The van der Waals surface area contributed by atoms with Crippen LogP contribution < -0.4 is 20.7 Å². The van der Waals surface area contributed by atoms with Crippen molar-refractivity contribution in [3.8, 4) is 5.75 Å². The van der Waals surface area contributed by atoms with Crippen molar-refractivity contribution in [3.63, 3.8) is 0 Å². The minimum absolute atomic E-state index is 0.181. The van der Waals surface area contributed by atoms with Gasteiger partial charge in [0, 0.05) is 11.4 Å². The first-order valence-corrected chi connectivity index (χ1v) is 8.28. The van der Waals surface area contributed by atoms with Crippen LogP contribution in [-0.2, 0) is 4.79 Å². The molecule has 25 heavy (non-hydrogen) atoms. The van der Waals surface area contributed by atoms with Crippen molar-refractivity contribution in [1.29, 1.82) is 0 Å². The summed E-state index contributed by atoms with van der Waals surface area (Å²) in [5, 5.41) is 9.63. The molecule has 6 heteroatoms. The van der Waals surface area contributed by atoms with E-state index >= 15 is 0 Å². The van der Waals surface area contributed by atoms with Crippen molar-refractivity contribution in [2.24, 2.45) is 0 Å². The number of methoxy groups -OCH3 is 1. The summed E-state index contributed by atoms with van der Waals surface area (Å²) >= 11 is 5.27. The zero-order valence-corrected chi connectivity index (χ0v) is 14.8. The van der Waals surface area contributed by atoms with Crippen LogP contribution in [0.15, 0.2) is 65.9 Å². The predicted octanol–water partition coefficient (Wildman–Crippen LogP) is 3.13. The lowest BCUT2D eigenvalue weighted by Gasteiger charge is -2.30. The molecule has 3 N–H and O–H groups in total. The van der Waals surface area contributed by atoms with E-state index in [0.29, 0.717) is 10.7 Å². The second-order valence-electron chi connectivity index (χ2n) is 5.67. The zero-order chi connectivity index (χ0) is 17.8. The fourth-order valence-electron chi connectivity index (χ4n) is 2.79. The van der Waals surface area contributed by atoms with Gasteiger partial charge in [-0.05, 0) is 49.0 Å². The van der Waals surface area contributed by atoms with Gasteiger partial charge >= 0.3 is 0 Å². The molecular formula is C19H19N3O2S. The molecule has 0 bridgehead atoms. The summed E-state index contributed by atoms with van der Waals surface area (Å²) in [6.45, 7) is 1.85. The number of rotatable bonds is 4. The summed E-state index contributed by atoms with van der Waals surface area (Å²) in [6.07, 6.45) is 0. The number of carbonyl (C=O) groups is 1. The van der Waals surface area contributed by atoms with Gasteiger partial charge in [0.1, 0.15) is 5.75 Å². The maximum atomic E-state index is 12.9. The number of amides is 1. The number of ether oxygens (including phenoxy) is 1. The Morgan fingerprint density at radius 3 is 2.64 bits per heavy atom. The molecular weight excluding hydrogens is 334 g/mol. The monoisotopic (exact) mass is 353 g/mol. The van der Waals surface area contributed by atoms with E-state index < -0.39 is 0 Å². The van der Waals surface area contributed by atoms with Crippen LogP contribution in [0.25, 0.3) is 0 Å². The van der Waals surface area contributed by atoms with E-state index in [4.69, 9.17) is 17.0 Å². The topological polar surface area (TPSA) is 62.4 Å². The molecule has 0 saturated carbocycles. The molecule has 1 aliphatic heterocycles. The van der Waals surface area contributed by atoms with E-state index in [9.17, 15) is 4.79 Å². The Morgan fingerprint density at radius 1 is 1.16 bits per heavy atom.